The number of nitrogens with zero attached hydrogens (tertiary/aromatic N) is 2. The number of aliphatic imine (C=N–C) groups is 1. The highest BCUT2D eigenvalue weighted by Crippen LogP contribution is 2.32. The highest BCUT2D eigenvalue weighted by molar-refractivity contribution is 6.09. The summed E-state index contributed by atoms with van der Waals surface area (Å²) in [6, 6.07) is 46.0. The molecule has 3 nitrogen and oxygen atoms in total. The van der Waals surface area contributed by atoms with E-state index in [1.807, 2.05) is 36.4 Å². The maximum atomic E-state index is 6.44. The van der Waals surface area contributed by atoms with Crippen molar-refractivity contribution in [3.63, 3.8) is 0 Å². The zero-order valence-electron chi connectivity index (χ0n) is 20.5. The van der Waals surface area contributed by atoms with Gasteiger partial charge in [0.15, 0.2) is 0 Å². The molecule has 0 unspecified atom stereocenters. The van der Waals surface area contributed by atoms with Crippen LogP contribution in [0, 0.1) is 0 Å². The summed E-state index contributed by atoms with van der Waals surface area (Å²) in [6.07, 6.45) is 2.93. The number of hydrogen-bond donors (Lipinski definition) is 1. The van der Waals surface area contributed by atoms with Gasteiger partial charge in [-0.1, -0.05) is 115 Å². The van der Waals surface area contributed by atoms with Gasteiger partial charge in [0, 0.05) is 27.6 Å². The average molecular weight is 478 g/mol. The number of para-hydroxylation sites is 2. The second-order valence-electron chi connectivity index (χ2n) is 9.06. The van der Waals surface area contributed by atoms with Gasteiger partial charge < -0.3 is 10.3 Å². The first-order valence-electron chi connectivity index (χ1n) is 12.5. The fourth-order valence-electron chi connectivity index (χ4n) is 4.84. The van der Waals surface area contributed by atoms with E-state index >= 15 is 0 Å². The molecule has 0 aliphatic heterocycles. The van der Waals surface area contributed by atoms with E-state index in [1.165, 1.54) is 27.4 Å². The molecule has 0 amide bonds. The molecule has 2 N–H and O–H groups in total. The molecule has 0 bridgehead atoms. The predicted octanol–water partition coefficient (Wildman–Crippen LogP) is 7.77. The number of amidine groups is 1. The Bertz CT molecular complexity index is 1670. The molecule has 5 aromatic carbocycles. The number of hydrogen-bond acceptors (Lipinski definition) is 1. The summed E-state index contributed by atoms with van der Waals surface area (Å²) in [5.74, 6) is 0.506. The van der Waals surface area contributed by atoms with Gasteiger partial charge in [0.2, 0.25) is 0 Å². The number of aromatic nitrogens is 1. The molecule has 0 atom stereocenters. The van der Waals surface area contributed by atoms with Gasteiger partial charge in [0.1, 0.15) is 5.84 Å². The zero-order valence-corrected chi connectivity index (χ0v) is 20.5. The first-order chi connectivity index (χ1) is 18.3. The lowest BCUT2D eigenvalue weighted by atomic mass is 10.1. The molecule has 6 aromatic rings. The van der Waals surface area contributed by atoms with Gasteiger partial charge in [-0.3, -0.25) is 0 Å². The van der Waals surface area contributed by atoms with E-state index in [0.717, 1.165) is 28.9 Å². The van der Waals surface area contributed by atoms with Crippen molar-refractivity contribution in [2.24, 2.45) is 10.7 Å². The fourth-order valence-corrected chi connectivity index (χ4v) is 4.84. The van der Waals surface area contributed by atoms with Gasteiger partial charge in [0.25, 0.3) is 0 Å². The van der Waals surface area contributed by atoms with Crippen LogP contribution in [0.5, 0.6) is 0 Å². The van der Waals surface area contributed by atoms with Gasteiger partial charge in [-0.05, 0) is 36.2 Å². The summed E-state index contributed by atoms with van der Waals surface area (Å²) in [7, 11) is 0. The molecule has 0 radical (unpaired) electrons. The van der Waals surface area contributed by atoms with Crippen LogP contribution in [0.25, 0.3) is 33.2 Å². The van der Waals surface area contributed by atoms with Crippen LogP contribution in [0.3, 0.4) is 0 Å². The topological polar surface area (TPSA) is 43.3 Å². The molecule has 1 aromatic heterocycles. The van der Waals surface area contributed by atoms with E-state index in [0.29, 0.717) is 5.84 Å². The van der Waals surface area contributed by atoms with Crippen LogP contribution in [-0.2, 0) is 6.42 Å². The third kappa shape index (κ3) is 4.55. The van der Waals surface area contributed by atoms with Gasteiger partial charge in [-0.15, -0.1) is 0 Å². The monoisotopic (exact) mass is 477 g/mol. The summed E-state index contributed by atoms with van der Waals surface area (Å²) < 4.78 is 2.32. The van der Waals surface area contributed by atoms with Crippen LogP contribution in [0.2, 0.25) is 0 Å². The normalized spacial score (nSPS) is 12.3. The van der Waals surface area contributed by atoms with Crippen LogP contribution in [0.4, 0.5) is 0 Å². The standard InChI is InChI=1S/C34H27N3/c35-34(27-13-5-2-6-14-27)36-31(24-19-25-11-3-1-4-12-25)26-20-22-28(23-21-26)37-32-17-9-7-15-29(32)30-16-8-10-18-33(30)37/h1-18,20-24H,19H2,(H2,35,36)/b31-24-. The Morgan fingerprint density at radius 3 is 1.76 bits per heavy atom. The Labute approximate surface area is 216 Å². The predicted molar refractivity (Wildman–Crippen MR) is 156 cm³/mol. The molecule has 178 valence electrons. The van der Waals surface area contributed by atoms with E-state index in [2.05, 4.69) is 108 Å². The molecule has 6 rings (SSSR count). The Hall–Kier alpha value is -4.89. The molecule has 0 aliphatic carbocycles. The summed E-state index contributed by atoms with van der Waals surface area (Å²) >= 11 is 0. The van der Waals surface area contributed by atoms with Crippen LogP contribution in [0.1, 0.15) is 16.7 Å². The second-order valence-corrected chi connectivity index (χ2v) is 9.06. The van der Waals surface area contributed by atoms with Crippen molar-refractivity contribution >= 4 is 33.3 Å². The average Bonchev–Trinajstić information content (AvgIpc) is 3.31. The van der Waals surface area contributed by atoms with Crippen molar-refractivity contribution in [2.75, 3.05) is 0 Å². The number of nitrogens with two attached hydrogens (primary N) is 1. The fraction of sp³-hybridized carbons (Fsp3) is 0.0294. The van der Waals surface area contributed by atoms with Crippen LogP contribution in [0.15, 0.2) is 145 Å². The van der Waals surface area contributed by atoms with E-state index in [1.54, 1.807) is 0 Å². The Morgan fingerprint density at radius 2 is 1.14 bits per heavy atom. The summed E-state index contributed by atoms with van der Waals surface area (Å²) in [6.45, 7) is 0. The first-order valence-corrected chi connectivity index (χ1v) is 12.5. The third-order valence-corrected chi connectivity index (χ3v) is 6.69. The summed E-state index contributed by atoms with van der Waals surface area (Å²) in [5.41, 5.74) is 14.0. The molecular formula is C34H27N3. The minimum Gasteiger partial charge on any atom is -0.383 e. The maximum Gasteiger partial charge on any atom is 0.131 e. The van der Waals surface area contributed by atoms with Gasteiger partial charge >= 0.3 is 0 Å². The third-order valence-electron chi connectivity index (χ3n) is 6.69. The molecule has 3 heteroatoms. The number of benzene rings is 5. The molecule has 0 saturated heterocycles. The van der Waals surface area contributed by atoms with Crippen LogP contribution >= 0.6 is 0 Å². The molecule has 0 aliphatic rings. The smallest absolute Gasteiger partial charge is 0.131 e. The molecule has 1 heterocycles. The Kier molecular flexibility index (Phi) is 6.10. The molecule has 0 fully saturated rings. The lowest BCUT2D eigenvalue weighted by molar-refractivity contribution is 1.18. The lowest BCUT2D eigenvalue weighted by Gasteiger charge is -2.10. The molecule has 0 spiro atoms. The zero-order chi connectivity index (χ0) is 25.0. The van der Waals surface area contributed by atoms with Crippen molar-refractivity contribution < 1.29 is 0 Å². The quantitative estimate of drug-likeness (QED) is 0.193. The van der Waals surface area contributed by atoms with Gasteiger partial charge in [-0.25, -0.2) is 4.99 Å². The van der Waals surface area contributed by atoms with Crippen molar-refractivity contribution in [1.29, 1.82) is 0 Å². The van der Waals surface area contributed by atoms with Crippen molar-refractivity contribution in [2.45, 2.75) is 6.42 Å². The summed E-state index contributed by atoms with van der Waals surface area (Å²) in [4.78, 5) is 4.87. The van der Waals surface area contributed by atoms with E-state index in [4.69, 9.17) is 10.7 Å². The van der Waals surface area contributed by atoms with E-state index < -0.39 is 0 Å². The largest absolute Gasteiger partial charge is 0.383 e. The van der Waals surface area contributed by atoms with Crippen molar-refractivity contribution in [3.8, 4) is 5.69 Å². The lowest BCUT2D eigenvalue weighted by Crippen LogP contribution is -2.13. The first kappa shape index (κ1) is 22.6. The second kappa shape index (κ2) is 10.00. The molecular weight excluding hydrogens is 450 g/mol. The Balaban J connectivity index is 1.42. The molecule has 37 heavy (non-hydrogen) atoms. The Morgan fingerprint density at radius 1 is 0.595 bits per heavy atom. The number of fused-ring (bicyclic) bond motifs is 3. The van der Waals surface area contributed by atoms with Crippen molar-refractivity contribution in [3.05, 3.63) is 156 Å². The highest BCUT2D eigenvalue weighted by atomic mass is 15.0. The van der Waals surface area contributed by atoms with Crippen molar-refractivity contribution in [1.82, 2.24) is 4.57 Å². The van der Waals surface area contributed by atoms with Gasteiger partial charge in [-0.2, -0.15) is 0 Å². The minimum atomic E-state index is 0.506. The van der Waals surface area contributed by atoms with Gasteiger partial charge in [0.05, 0.1) is 16.7 Å². The SMILES string of the molecule is NC(=N/C(=C\Cc1ccccc1)c1ccc(-n2c3ccccc3c3ccccc32)cc1)c1ccccc1. The minimum absolute atomic E-state index is 0.506. The van der Waals surface area contributed by atoms with Crippen LogP contribution < -0.4 is 5.73 Å². The van der Waals surface area contributed by atoms with Crippen LogP contribution in [-0.4, -0.2) is 10.4 Å². The summed E-state index contributed by atoms with van der Waals surface area (Å²) in [5, 5.41) is 2.51. The van der Waals surface area contributed by atoms with E-state index in [9.17, 15) is 0 Å². The molecule has 0 saturated carbocycles. The number of allylic oxidation sites excluding steroid dienone is 1. The number of rotatable bonds is 6. The maximum absolute atomic E-state index is 6.44. The van der Waals surface area contributed by atoms with E-state index in [-0.39, 0.29) is 0 Å². The highest BCUT2D eigenvalue weighted by Gasteiger charge is 2.12.